The molecular formula is C29H47N5O15P2-2. The first-order valence-electron chi connectivity index (χ1n) is 17.0. The molecule has 2 aliphatic rings. The van der Waals surface area contributed by atoms with Crippen molar-refractivity contribution in [2.24, 2.45) is 0 Å². The molecule has 290 valence electrons. The van der Waals surface area contributed by atoms with Gasteiger partial charge in [-0.3, -0.25) is 18.5 Å². The molecule has 4 rings (SSSR count). The second-order valence-electron chi connectivity index (χ2n) is 12.5. The third-order valence-electron chi connectivity index (χ3n) is 8.56. The van der Waals surface area contributed by atoms with Gasteiger partial charge in [0.05, 0.1) is 19.5 Å². The number of carbonyl (C=O) groups excluding carboxylic acids is 1. The highest BCUT2D eigenvalue weighted by Crippen LogP contribution is 2.56. The SMILES string of the molecule is CCCCCCCCCCCCCC(=O)O[C@H]1C(O)O[C@H](COP(=O)([O-])OP(=O)([O-])OC[C@H]2O[C@@H](n3cnc4c(N)ncnc43)[C@H](O)[C@@H]2O)[C@H]1O. The van der Waals surface area contributed by atoms with E-state index in [4.69, 9.17) is 19.9 Å². The number of ether oxygens (including phenoxy) is 3. The zero-order valence-corrected chi connectivity index (χ0v) is 30.0. The number of carbonyl (C=O) groups is 1. The van der Waals surface area contributed by atoms with Crippen molar-refractivity contribution in [1.29, 1.82) is 0 Å². The molecule has 51 heavy (non-hydrogen) atoms. The van der Waals surface area contributed by atoms with Crippen molar-refractivity contribution < 1.29 is 71.7 Å². The lowest BCUT2D eigenvalue weighted by atomic mass is 10.1. The molecule has 3 unspecified atom stereocenters. The second kappa shape index (κ2) is 19.3. The fourth-order valence-electron chi connectivity index (χ4n) is 5.78. The molecular weight excluding hydrogens is 720 g/mol. The highest BCUT2D eigenvalue weighted by molar-refractivity contribution is 7.59. The highest BCUT2D eigenvalue weighted by atomic mass is 31.3. The Morgan fingerprint density at radius 2 is 1.41 bits per heavy atom. The van der Waals surface area contributed by atoms with Crippen LogP contribution in [-0.2, 0) is 41.5 Å². The van der Waals surface area contributed by atoms with E-state index in [0.717, 1.165) is 32.0 Å². The number of rotatable bonds is 22. The average Bonchev–Trinajstić information content (AvgIpc) is 3.71. The first-order valence-corrected chi connectivity index (χ1v) is 19.9. The number of aliphatic hydroxyl groups is 4. The highest BCUT2D eigenvalue weighted by Gasteiger charge is 2.47. The third-order valence-corrected chi connectivity index (χ3v) is 11.1. The maximum absolute atomic E-state index is 12.3. The van der Waals surface area contributed by atoms with Crippen molar-refractivity contribution in [2.45, 2.75) is 133 Å². The van der Waals surface area contributed by atoms with Gasteiger partial charge in [0.1, 0.15) is 42.4 Å². The summed E-state index contributed by atoms with van der Waals surface area (Å²) in [6.45, 7) is 0.185. The van der Waals surface area contributed by atoms with E-state index in [9.17, 15) is 44.1 Å². The van der Waals surface area contributed by atoms with Gasteiger partial charge in [-0.2, -0.15) is 0 Å². The van der Waals surface area contributed by atoms with E-state index in [0.29, 0.717) is 6.42 Å². The van der Waals surface area contributed by atoms with Crippen LogP contribution in [0.5, 0.6) is 0 Å². The van der Waals surface area contributed by atoms with E-state index in [2.05, 4.69) is 35.2 Å². The maximum atomic E-state index is 12.3. The van der Waals surface area contributed by atoms with E-state index in [1.165, 1.54) is 49.4 Å². The van der Waals surface area contributed by atoms with Crippen molar-refractivity contribution >= 4 is 38.6 Å². The summed E-state index contributed by atoms with van der Waals surface area (Å²) in [5.41, 5.74) is 6.08. The molecule has 2 saturated heterocycles. The zero-order chi connectivity index (χ0) is 37.2. The van der Waals surface area contributed by atoms with E-state index in [-0.39, 0.29) is 23.4 Å². The summed E-state index contributed by atoms with van der Waals surface area (Å²) in [4.78, 5) is 48.7. The first kappa shape index (κ1) is 41.6. The van der Waals surface area contributed by atoms with Crippen LogP contribution in [0.15, 0.2) is 12.7 Å². The molecule has 2 aromatic rings. The largest absolute Gasteiger partial charge is 0.756 e. The van der Waals surface area contributed by atoms with Gasteiger partial charge in [0, 0.05) is 6.42 Å². The van der Waals surface area contributed by atoms with Crippen LogP contribution in [-0.4, -0.2) is 102 Å². The number of aromatic nitrogens is 4. The Hall–Kier alpha value is -2.16. The van der Waals surface area contributed by atoms with Gasteiger partial charge in [-0.1, -0.05) is 71.1 Å². The fourth-order valence-corrected chi connectivity index (χ4v) is 7.80. The summed E-state index contributed by atoms with van der Waals surface area (Å²) in [6.07, 6.45) is 1.66. The van der Waals surface area contributed by atoms with Crippen molar-refractivity contribution in [1.82, 2.24) is 19.5 Å². The van der Waals surface area contributed by atoms with Gasteiger partial charge >= 0.3 is 5.97 Å². The number of aliphatic hydroxyl groups excluding tert-OH is 4. The Balaban J connectivity index is 1.15. The Morgan fingerprint density at radius 1 is 0.843 bits per heavy atom. The predicted octanol–water partition coefficient (Wildman–Crippen LogP) is 0.705. The van der Waals surface area contributed by atoms with Crippen molar-refractivity contribution in [3.8, 4) is 0 Å². The van der Waals surface area contributed by atoms with Crippen LogP contribution in [0, 0.1) is 0 Å². The third kappa shape index (κ3) is 11.9. The minimum absolute atomic E-state index is 0.0406. The Morgan fingerprint density at radius 3 is 2.02 bits per heavy atom. The molecule has 0 amide bonds. The Labute approximate surface area is 294 Å². The quantitative estimate of drug-likeness (QED) is 0.0626. The summed E-state index contributed by atoms with van der Waals surface area (Å²) in [7, 11) is -11.4. The monoisotopic (exact) mass is 767 g/mol. The molecule has 0 spiro atoms. The van der Waals surface area contributed by atoms with Gasteiger partial charge in [0.15, 0.2) is 30.1 Å². The zero-order valence-electron chi connectivity index (χ0n) is 28.2. The fraction of sp³-hybridized carbons (Fsp3) is 0.793. The van der Waals surface area contributed by atoms with E-state index < -0.39 is 84.0 Å². The van der Waals surface area contributed by atoms with Gasteiger partial charge in [-0.25, -0.2) is 19.3 Å². The number of phosphoric acid groups is 2. The predicted molar refractivity (Wildman–Crippen MR) is 172 cm³/mol. The number of phosphoric ester groups is 2. The van der Waals surface area contributed by atoms with Crippen molar-refractivity contribution in [3.63, 3.8) is 0 Å². The smallest absolute Gasteiger partial charge is 0.306 e. The molecule has 6 N–H and O–H groups in total. The average molecular weight is 768 g/mol. The molecule has 10 atom stereocenters. The number of anilines is 1. The summed E-state index contributed by atoms with van der Waals surface area (Å²) < 4.78 is 54.8. The summed E-state index contributed by atoms with van der Waals surface area (Å²) in [6, 6.07) is 0. The lowest BCUT2D eigenvalue weighted by Crippen LogP contribution is -2.38. The standard InChI is InChI=1S/C29H49N5O15P2/c1-2-3-4-5-6-7-8-9-10-11-12-13-20(35)48-25-23(37)19(47-29(25)39)15-45-51(42,43)49-50(40,41)44-14-18-22(36)24(38)28(46-18)34-17-33-21-26(30)31-16-32-27(21)34/h16-19,22-25,28-29,36-39H,2-15H2,1H3,(H,40,41)(H,42,43)(H2,30,31,32)/p-2/t18-,19-,22-,23-,24-,25-,28-,29?/m1/s1. The molecule has 0 radical (unpaired) electrons. The van der Waals surface area contributed by atoms with Gasteiger partial charge < -0.3 is 59.2 Å². The maximum Gasteiger partial charge on any atom is 0.306 e. The molecule has 0 aliphatic carbocycles. The minimum atomic E-state index is -5.69. The number of imidazole rings is 1. The van der Waals surface area contributed by atoms with Gasteiger partial charge in [-0.15, -0.1) is 0 Å². The lowest BCUT2D eigenvalue weighted by Gasteiger charge is -2.32. The molecule has 22 heteroatoms. The number of nitrogens with zero attached hydrogens (tertiary/aromatic N) is 4. The first-order chi connectivity index (χ1) is 24.2. The van der Waals surface area contributed by atoms with Crippen LogP contribution < -0.4 is 15.5 Å². The molecule has 2 aromatic heterocycles. The molecule has 2 fully saturated rings. The molecule has 20 nitrogen and oxygen atoms in total. The Kier molecular flexibility index (Phi) is 15.7. The number of nitrogens with two attached hydrogens (primary N) is 1. The van der Waals surface area contributed by atoms with E-state index in [1.54, 1.807) is 0 Å². The number of esters is 1. The summed E-state index contributed by atoms with van der Waals surface area (Å²) in [5.74, 6) is -0.646. The number of hydrogen-bond donors (Lipinski definition) is 5. The van der Waals surface area contributed by atoms with Crippen LogP contribution in [0.3, 0.4) is 0 Å². The van der Waals surface area contributed by atoms with E-state index >= 15 is 0 Å². The number of unbranched alkanes of at least 4 members (excludes halogenated alkanes) is 10. The molecule has 0 aromatic carbocycles. The van der Waals surface area contributed by atoms with E-state index in [1.807, 2.05) is 0 Å². The van der Waals surface area contributed by atoms with Gasteiger partial charge in [0.2, 0.25) is 0 Å². The van der Waals surface area contributed by atoms with Crippen LogP contribution in [0.4, 0.5) is 5.82 Å². The molecule has 0 bridgehead atoms. The number of hydrogen-bond acceptors (Lipinski definition) is 19. The normalized spacial score (nSPS) is 28.9. The summed E-state index contributed by atoms with van der Waals surface area (Å²) >= 11 is 0. The minimum Gasteiger partial charge on any atom is -0.756 e. The topological polar surface area (TPSA) is 303 Å². The molecule has 0 saturated carbocycles. The van der Waals surface area contributed by atoms with Crippen molar-refractivity contribution in [3.05, 3.63) is 12.7 Å². The van der Waals surface area contributed by atoms with Gasteiger partial charge in [0.25, 0.3) is 15.6 Å². The number of fused-ring (bicyclic) bond motifs is 1. The van der Waals surface area contributed by atoms with Crippen LogP contribution in [0.1, 0.15) is 90.2 Å². The Bertz CT molecular complexity index is 1500. The lowest BCUT2D eigenvalue weighted by molar-refractivity contribution is -0.247. The van der Waals surface area contributed by atoms with Crippen LogP contribution in [0.2, 0.25) is 0 Å². The van der Waals surface area contributed by atoms with Crippen LogP contribution in [0.25, 0.3) is 11.2 Å². The molecule has 2 aliphatic heterocycles. The molecule has 4 heterocycles. The van der Waals surface area contributed by atoms with Crippen LogP contribution >= 0.6 is 15.6 Å². The number of nitrogen functional groups attached to an aromatic ring is 1. The summed E-state index contributed by atoms with van der Waals surface area (Å²) in [5, 5.41) is 41.5. The second-order valence-corrected chi connectivity index (χ2v) is 15.5. The van der Waals surface area contributed by atoms with Crippen molar-refractivity contribution in [2.75, 3.05) is 18.9 Å². The van der Waals surface area contributed by atoms with Gasteiger partial charge in [-0.05, 0) is 6.42 Å².